The predicted octanol–water partition coefficient (Wildman–Crippen LogP) is 2.39. The summed E-state index contributed by atoms with van der Waals surface area (Å²) in [6, 6.07) is 1.86. The second-order valence-corrected chi connectivity index (χ2v) is 2.66. The van der Waals surface area contributed by atoms with E-state index in [0.29, 0.717) is 11.1 Å². The van der Waals surface area contributed by atoms with E-state index in [2.05, 4.69) is 4.98 Å². The Kier molecular flexibility index (Phi) is 2.91. The summed E-state index contributed by atoms with van der Waals surface area (Å²) in [7, 11) is 0. The summed E-state index contributed by atoms with van der Waals surface area (Å²) >= 11 is 0. The quantitative estimate of drug-likeness (QED) is 0.704. The second-order valence-electron chi connectivity index (χ2n) is 2.66. The topological polar surface area (TPSA) is 36.7 Å². The molecule has 4 heteroatoms. The lowest BCUT2D eigenvalue weighted by atomic mass is 10.0. The van der Waals surface area contributed by atoms with Crippen molar-refractivity contribution in [2.45, 2.75) is 19.8 Å². The monoisotopic (exact) mass is 182 g/mol. The fourth-order valence-corrected chi connectivity index (χ4v) is 1.12. The van der Waals surface area contributed by atoms with Crippen LogP contribution in [0.15, 0.2) is 12.4 Å². The van der Waals surface area contributed by atoms with E-state index in [9.17, 15) is 8.78 Å². The fraction of sp³-hybridized carbons (Fsp3) is 0.333. The van der Waals surface area contributed by atoms with Crippen LogP contribution in [0.3, 0.4) is 0 Å². The first-order chi connectivity index (χ1) is 6.16. The van der Waals surface area contributed by atoms with Gasteiger partial charge in [0, 0.05) is 18.0 Å². The van der Waals surface area contributed by atoms with Crippen LogP contribution in [0.5, 0.6) is 0 Å². The first-order valence-corrected chi connectivity index (χ1v) is 3.75. The average Bonchev–Trinajstić information content (AvgIpc) is 2.08. The van der Waals surface area contributed by atoms with E-state index in [1.54, 1.807) is 6.92 Å². The van der Waals surface area contributed by atoms with E-state index in [-0.39, 0.29) is 12.0 Å². The SMILES string of the molecule is Cc1cncc(C(F)F)c1CC#N. The van der Waals surface area contributed by atoms with E-state index >= 15 is 0 Å². The van der Waals surface area contributed by atoms with Gasteiger partial charge in [0.15, 0.2) is 0 Å². The van der Waals surface area contributed by atoms with Crippen LogP contribution < -0.4 is 0 Å². The maximum absolute atomic E-state index is 12.4. The van der Waals surface area contributed by atoms with E-state index in [1.165, 1.54) is 6.20 Å². The van der Waals surface area contributed by atoms with Crippen molar-refractivity contribution in [1.29, 1.82) is 5.26 Å². The molecule has 0 fully saturated rings. The molecule has 0 atom stereocenters. The van der Waals surface area contributed by atoms with Gasteiger partial charge in [-0.1, -0.05) is 0 Å². The maximum Gasteiger partial charge on any atom is 0.265 e. The highest BCUT2D eigenvalue weighted by molar-refractivity contribution is 5.33. The number of hydrogen-bond acceptors (Lipinski definition) is 2. The van der Waals surface area contributed by atoms with Crippen LogP contribution in [0.1, 0.15) is 23.1 Å². The van der Waals surface area contributed by atoms with Gasteiger partial charge in [-0.2, -0.15) is 5.26 Å². The smallest absolute Gasteiger partial charge is 0.264 e. The Bertz CT molecular complexity index is 342. The average molecular weight is 182 g/mol. The molecule has 68 valence electrons. The van der Waals surface area contributed by atoms with E-state index in [4.69, 9.17) is 5.26 Å². The molecule has 0 saturated heterocycles. The van der Waals surface area contributed by atoms with Gasteiger partial charge in [0.25, 0.3) is 6.43 Å². The van der Waals surface area contributed by atoms with Crippen LogP contribution in [-0.4, -0.2) is 4.98 Å². The van der Waals surface area contributed by atoms with Gasteiger partial charge >= 0.3 is 0 Å². The second kappa shape index (κ2) is 3.94. The number of halogens is 2. The molecule has 0 amide bonds. The molecular weight excluding hydrogens is 174 g/mol. The van der Waals surface area contributed by atoms with Gasteiger partial charge in [-0.15, -0.1) is 0 Å². The molecule has 0 N–H and O–H groups in total. The highest BCUT2D eigenvalue weighted by atomic mass is 19.3. The zero-order chi connectivity index (χ0) is 9.84. The Labute approximate surface area is 74.8 Å². The molecule has 0 spiro atoms. The minimum absolute atomic E-state index is 0.00796. The van der Waals surface area contributed by atoms with E-state index in [1.807, 2.05) is 6.07 Å². The summed E-state index contributed by atoms with van der Waals surface area (Å²) in [5.41, 5.74) is 0.897. The third kappa shape index (κ3) is 2.00. The Morgan fingerprint density at radius 3 is 2.77 bits per heavy atom. The van der Waals surface area contributed by atoms with Crippen molar-refractivity contribution in [3.05, 3.63) is 29.1 Å². The molecule has 0 aromatic carbocycles. The number of alkyl halides is 2. The first kappa shape index (κ1) is 9.59. The fourth-order valence-electron chi connectivity index (χ4n) is 1.12. The van der Waals surface area contributed by atoms with Crippen molar-refractivity contribution in [3.63, 3.8) is 0 Å². The molecule has 0 aliphatic carbocycles. The number of nitriles is 1. The number of pyridine rings is 1. The summed E-state index contributed by atoms with van der Waals surface area (Å²) in [6.45, 7) is 1.67. The van der Waals surface area contributed by atoms with Crippen molar-refractivity contribution >= 4 is 0 Å². The Morgan fingerprint density at radius 1 is 1.54 bits per heavy atom. The van der Waals surface area contributed by atoms with Gasteiger partial charge in [-0.25, -0.2) is 8.78 Å². The van der Waals surface area contributed by atoms with Gasteiger partial charge in [-0.05, 0) is 18.1 Å². The molecule has 0 unspecified atom stereocenters. The van der Waals surface area contributed by atoms with Crippen LogP contribution in [0, 0.1) is 18.3 Å². The van der Waals surface area contributed by atoms with Gasteiger partial charge in [0.1, 0.15) is 0 Å². The van der Waals surface area contributed by atoms with Crippen molar-refractivity contribution in [2.75, 3.05) is 0 Å². The molecule has 13 heavy (non-hydrogen) atoms. The Morgan fingerprint density at radius 2 is 2.23 bits per heavy atom. The van der Waals surface area contributed by atoms with Crippen molar-refractivity contribution in [3.8, 4) is 6.07 Å². The van der Waals surface area contributed by atoms with Gasteiger partial charge < -0.3 is 0 Å². The molecule has 0 radical (unpaired) electrons. The molecule has 0 bridgehead atoms. The summed E-state index contributed by atoms with van der Waals surface area (Å²) in [6.07, 6.45) is 0.0486. The predicted molar refractivity (Wildman–Crippen MR) is 43.2 cm³/mol. The van der Waals surface area contributed by atoms with Gasteiger partial charge in [0.2, 0.25) is 0 Å². The Hall–Kier alpha value is -1.50. The first-order valence-electron chi connectivity index (χ1n) is 3.75. The minimum Gasteiger partial charge on any atom is -0.264 e. The molecule has 1 aromatic rings. The molecule has 1 rings (SSSR count). The zero-order valence-corrected chi connectivity index (χ0v) is 7.09. The molecule has 2 nitrogen and oxygen atoms in total. The third-order valence-electron chi connectivity index (χ3n) is 1.80. The third-order valence-corrected chi connectivity index (χ3v) is 1.80. The molecule has 1 heterocycles. The maximum atomic E-state index is 12.4. The van der Waals surface area contributed by atoms with Crippen LogP contribution in [-0.2, 0) is 6.42 Å². The van der Waals surface area contributed by atoms with Crippen LogP contribution in [0.4, 0.5) is 8.78 Å². The Balaban J connectivity index is 3.19. The highest BCUT2D eigenvalue weighted by Crippen LogP contribution is 2.24. The lowest BCUT2D eigenvalue weighted by molar-refractivity contribution is 0.150. The molecule has 0 aliphatic rings. The number of hydrogen-bond donors (Lipinski definition) is 0. The van der Waals surface area contributed by atoms with Crippen LogP contribution in [0.25, 0.3) is 0 Å². The lowest BCUT2D eigenvalue weighted by Gasteiger charge is -2.07. The van der Waals surface area contributed by atoms with Crippen molar-refractivity contribution in [2.24, 2.45) is 0 Å². The van der Waals surface area contributed by atoms with E-state index in [0.717, 1.165) is 6.20 Å². The normalized spacial score (nSPS) is 10.1. The molecule has 0 aliphatic heterocycles. The number of rotatable bonds is 2. The van der Waals surface area contributed by atoms with Crippen molar-refractivity contribution in [1.82, 2.24) is 4.98 Å². The van der Waals surface area contributed by atoms with Gasteiger partial charge in [-0.3, -0.25) is 4.98 Å². The summed E-state index contributed by atoms with van der Waals surface area (Å²) in [4.78, 5) is 3.66. The molecular formula is C9H8F2N2. The lowest BCUT2D eigenvalue weighted by Crippen LogP contribution is -1.98. The van der Waals surface area contributed by atoms with Crippen LogP contribution in [0.2, 0.25) is 0 Å². The largest absolute Gasteiger partial charge is 0.265 e. The number of nitrogens with zero attached hydrogens (tertiary/aromatic N) is 2. The van der Waals surface area contributed by atoms with Crippen LogP contribution >= 0.6 is 0 Å². The highest BCUT2D eigenvalue weighted by Gasteiger charge is 2.14. The standard InChI is InChI=1S/C9H8F2N2/c1-6-4-13-5-8(9(10)11)7(6)2-3-12/h4-5,9H,2H2,1H3. The van der Waals surface area contributed by atoms with Crippen molar-refractivity contribution < 1.29 is 8.78 Å². The number of aryl methyl sites for hydroxylation is 1. The summed E-state index contributed by atoms with van der Waals surface area (Å²) in [5.74, 6) is 0. The summed E-state index contributed by atoms with van der Waals surface area (Å²) in [5, 5.41) is 8.44. The molecule has 0 saturated carbocycles. The summed E-state index contributed by atoms with van der Waals surface area (Å²) < 4.78 is 24.8. The number of aromatic nitrogens is 1. The zero-order valence-electron chi connectivity index (χ0n) is 7.09. The van der Waals surface area contributed by atoms with Gasteiger partial charge in [0.05, 0.1) is 12.5 Å². The molecule has 1 aromatic heterocycles. The van der Waals surface area contributed by atoms with E-state index < -0.39 is 6.43 Å². The minimum atomic E-state index is -2.56.